The van der Waals surface area contributed by atoms with Gasteiger partial charge in [-0.15, -0.1) is 0 Å². The summed E-state index contributed by atoms with van der Waals surface area (Å²) in [6.45, 7) is 1.54. The normalized spacial score (nSPS) is 19.3. The Kier molecular flexibility index (Phi) is 5.08. The fourth-order valence-corrected chi connectivity index (χ4v) is 4.29. The van der Waals surface area contributed by atoms with E-state index in [1.54, 1.807) is 35.2 Å². The highest BCUT2D eigenvalue weighted by molar-refractivity contribution is 6.11. The quantitative estimate of drug-likeness (QED) is 0.765. The summed E-state index contributed by atoms with van der Waals surface area (Å²) in [7, 11) is 1.50. The zero-order valence-corrected chi connectivity index (χ0v) is 17.6. The van der Waals surface area contributed by atoms with Crippen molar-refractivity contribution >= 4 is 29.1 Å². The topological polar surface area (TPSA) is 106 Å². The van der Waals surface area contributed by atoms with Crippen molar-refractivity contribution in [3.8, 4) is 17.2 Å². The first-order chi connectivity index (χ1) is 15.5. The van der Waals surface area contributed by atoms with E-state index in [-0.39, 0.29) is 17.7 Å². The van der Waals surface area contributed by atoms with E-state index >= 15 is 0 Å². The van der Waals surface area contributed by atoms with Gasteiger partial charge in [-0.05, 0) is 43.2 Å². The SMILES string of the molecule is COc1cc(C(=O)Nc2ccc3c(c2)C(=O)N2CCC[C@H]2C(=O)N3)cc2c1OCCCO2. The molecule has 0 bridgehead atoms. The molecule has 1 atom stereocenters. The number of methoxy groups -OCH3 is 1. The van der Waals surface area contributed by atoms with E-state index in [2.05, 4.69) is 10.6 Å². The Hall–Kier alpha value is -3.75. The van der Waals surface area contributed by atoms with Crippen molar-refractivity contribution in [2.45, 2.75) is 25.3 Å². The minimum absolute atomic E-state index is 0.175. The highest BCUT2D eigenvalue weighted by Crippen LogP contribution is 2.40. The third kappa shape index (κ3) is 3.49. The molecule has 3 amide bonds. The molecule has 2 aromatic carbocycles. The lowest BCUT2D eigenvalue weighted by Crippen LogP contribution is -2.40. The number of hydrogen-bond donors (Lipinski definition) is 2. The molecule has 1 saturated heterocycles. The molecule has 5 rings (SSSR count). The second-order valence-corrected chi connectivity index (χ2v) is 7.92. The van der Waals surface area contributed by atoms with Crippen LogP contribution in [-0.2, 0) is 4.79 Å². The summed E-state index contributed by atoms with van der Waals surface area (Å²) in [5.41, 5.74) is 1.58. The number of carbonyl (C=O) groups excluding carboxylic acids is 3. The average molecular weight is 437 g/mol. The van der Waals surface area contributed by atoms with Crippen LogP contribution in [0.25, 0.3) is 0 Å². The smallest absolute Gasteiger partial charge is 0.256 e. The lowest BCUT2D eigenvalue weighted by atomic mass is 10.1. The fraction of sp³-hybridized carbons (Fsp3) is 0.348. The van der Waals surface area contributed by atoms with Gasteiger partial charge in [-0.1, -0.05) is 0 Å². The minimum atomic E-state index is -0.442. The minimum Gasteiger partial charge on any atom is -0.493 e. The molecule has 0 aliphatic carbocycles. The van der Waals surface area contributed by atoms with Crippen molar-refractivity contribution < 1.29 is 28.6 Å². The first-order valence-electron chi connectivity index (χ1n) is 10.6. The Morgan fingerprint density at radius 2 is 2.00 bits per heavy atom. The summed E-state index contributed by atoms with van der Waals surface area (Å²) in [4.78, 5) is 40.0. The zero-order chi connectivity index (χ0) is 22.2. The molecule has 3 aliphatic heterocycles. The summed E-state index contributed by atoms with van der Waals surface area (Å²) >= 11 is 0. The number of rotatable bonds is 3. The molecule has 2 aromatic rings. The molecule has 9 nitrogen and oxygen atoms in total. The maximum absolute atomic E-state index is 13.0. The van der Waals surface area contributed by atoms with Gasteiger partial charge in [0.2, 0.25) is 11.7 Å². The molecule has 2 N–H and O–H groups in total. The number of hydrogen-bond acceptors (Lipinski definition) is 6. The Bertz CT molecular complexity index is 1120. The molecule has 3 aliphatic rings. The largest absolute Gasteiger partial charge is 0.493 e. The van der Waals surface area contributed by atoms with E-state index in [9.17, 15) is 14.4 Å². The molecule has 1 fully saturated rings. The lowest BCUT2D eigenvalue weighted by Gasteiger charge is -2.20. The highest BCUT2D eigenvalue weighted by Gasteiger charge is 2.38. The second kappa shape index (κ2) is 8.07. The third-order valence-corrected chi connectivity index (χ3v) is 5.88. The van der Waals surface area contributed by atoms with E-state index in [0.29, 0.717) is 65.9 Å². The monoisotopic (exact) mass is 437 g/mol. The van der Waals surface area contributed by atoms with E-state index in [1.165, 1.54) is 7.11 Å². The number of anilines is 2. The van der Waals surface area contributed by atoms with Gasteiger partial charge in [0, 0.05) is 24.2 Å². The van der Waals surface area contributed by atoms with Crippen molar-refractivity contribution in [3.05, 3.63) is 41.5 Å². The lowest BCUT2D eigenvalue weighted by molar-refractivity contribution is -0.119. The van der Waals surface area contributed by atoms with Crippen LogP contribution in [0.4, 0.5) is 11.4 Å². The van der Waals surface area contributed by atoms with Gasteiger partial charge in [0.25, 0.3) is 11.8 Å². The number of nitrogens with zero attached hydrogens (tertiary/aromatic N) is 1. The summed E-state index contributed by atoms with van der Waals surface area (Å²) in [5.74, 6) is 0.567. The van der Waals surface area contributed by atoms with Crippen LogP contribution in [0.15, 0.2) is 30.3 Å². The highest BCUT2D eigenvalue weighted by atomic mass is 16.5. The predicted molar refractivity (Wildman–Crippen MR) is 116 cm³/mol. The van der Waals surface area contributed by atoms with Crippen LogP contribution in [-0.4, -0.2) is 55.5 Å². The summed E-state index contributed by atoms with van der Waals surface area (Å²) in [5, 5.41) is 5.65. The van der Waals surface area contributed by atoms with Crippen LogP contribution in [0.2, 0.25) is 0 Å². The van der Waals surface area contributed by atoms with Crippen molar-refractivity contribution in [1.29, 1.82) is 0 Å². The van der Waals surface area contributed by atoms with Crippen LogP contribution >= 0.6 is 0 Å². The number of carbonyl (C=O) groups is 3. The number of ether oxygens (including phenoxy) is 3. The molecular formula is C23H23N3O6. The van der Waals surface area contributed by atoms with Gasteiger partial charge in [-0.2, -0.15) is 0 Å². The van der Waals surface area contributed by atoms with E-state index in [4.69, 9.17) is 14.2 Å². The summed E-state index contributed by atoms with van der Waals surface area (Å²) < 4.78 is 16.8. The Morgan fingerprint density at radius 1 is 1.16 bits per heavy atom. The van der Waals surface area contributed by atoms with Gasteiger partial charge in [-0.3, -0.25) is 14.4 Å². The van der Waals surface area contributed by atoms with Crippen LogP contribution in [0.1, 0.15) is 40.0 Å². The molecule has 0 radical (unpaired) electrons. The van der Waals surface area contributed by atoms with Gasteiger partial charge >= 0.3 is 0 Å². The molecule has 0 unspecified atom stereocenters. The van der Waals surface area contributed by atoms with Gasteiger partial charge in [0.1, 0.15) is 6.04 Å². The van der Waals surface area contributed by atoms with Gasteiger partial charge in [0.05, 0.1) is 31.6 Å². The summed E-state index contributed by atoms with van der Waals surface area (Å²) in [6.07, 6.45) is 2.18. The standard InChI is InChI=1S/C23H23N3O6/c1-30-18-10-13(11-19-20(18)32-9-3-8-31-19)21(27)24-14-5-6-16-15(12-14)23(29)26-7-2-4-17(26)22(28)25-16/h5-6,10-12,17H,2-4,7-9H2,1H3,(H,24,27)(H,25,28)/t17-/m0/s1. The Morgan fingerprint density at radius 3 is 2.84 bits per heavy atom. The molecule has 166 valence electrons. The first-order valence-corrected chi connectivity index (χ1v) is 10.6. The maximum atomic E-state index is 13.0. The van der Waals surface area contributed by atoms with Crippen molar-refractivity contribution in [2.75, 3.05) is 37.5 Å². The molecule has 3 heterocycles. The number of amides is 3. The molecular weight excluding hydrogens is 414 g/mol. The third-order valence-electron chi connectivity index (χ3n) is 5.88. The van der Waals surface area contributed by atoms with Crippen LogP contribution in [0.3, 0.4) is 0 Å². The summed E-state index contributed by atoms with van der Waals surface area (Å²) in [6, 6.07) is 7.64. The molecule has 0 saturated carbocycles. The molecule has 0 spiro atoms. The first kappa shape index (κ1) is 20.2. The fourth-order valence-electron chi connectivity index (χ4n) is 4.29. The van der Waals surface area contributed by atoms with Crippen molar-refractivity contribution in [1.82, 2.24) is 4.90 Å². The van der Waals surface area contributed by atoms with Crippen molar-refractivity contribution in [2.24, 2.45) is 0 Å². The maximum Gasteiger partial charge on any atom is 0.256 e. The number of fused-ring (bicyclic) bond motifs is 3. The Labute approximate surface area is 184 Å². The number of nitrogens with one attached hydrogen (secondary N) is 2. The predicted octanol–water partition coefficient (Wildman–Crippen LogP) is 2.67. The van der Waals surface area contributed by atoms with Gasteiger partial charge in [-0.25, -0.2) is 0 Å². The van der Waals surface area contributed by atoms with E-state index in [1.807, 2.05) is 0 Å². The van der Waals surface area contributed by atoms with Crippen molar-refractivity contribution in [3.63, 3.8) is 0 Å². The number of benzene rings is 2. The molecule has 9 heteroatoms. The Balaban J connectivity index is 1.42. The van der Waals surface area contributed by atoms with Crippen LogP contribution < -0.4 is 24.8 Å². The molecule has 32 heavy (non-hydrogen) atoms. The van der Waals surface area contributed by atoms with Gasteiger partial charge < -0.3 is 29.7 Å². The van der Waals surface area contributed by atoms with Gasteiger partial charge in [0.15, 0.2) is 11.5 Å². The second-order valence-electron chi connectivity index (χ2n) is 7.92. The van der Waals surface area contributed by atoms with E-state index < -0.39 is 6.04 Å². The molecule has 0 aromatic heterocycles. The van der Waals surface area contributed by atoms with Crippen LogP contribution in [0.5, 0.6) is 17.2 Å². The van der Waals surface area contributed by atoms with E-state index in [0.717, 1.165) is 12.8 Å². The average Bonchev–Trinajstić information content (AvgIpc) is 3.13. The van der Waals surface area contributed by atoms with Crippen LogP contribution in [0, 0.1) is 0 Å². The zero-order valence-electron chi connectivity index (χ0n) is 17.6.